The maximum absolute atomic E-state index is 12.6. The molecule has 0 radical (unpaired) electrons. The van der Waals surface area contributed by atoms with Crippen LogP contribution in [0.2, 0.25) is 0 Å². The molecule has 2 aliphatic rings. The molecule has 2 N–H and O–H groups in total. The molecule has 12 nitrogen and oxygen atoms in total. The van der Waals surface area contributed by atoms with Gasteiger partial charge in [0.15, 0.2) is 17.3 Å². The number of amides is 2. The fourth-order valence-electron chi connectivity index (χ4n) is 3.90. The molecule has 32 heavy (non-hydrogen) atoms. The van der Waals surface area contributed by atoms with Gasteiger partial charge in [0.1, 0.15) is 30.2 Å². The summed E-state index contributed by atoms with van der Waals surface area (Å²) in [7, 11) is 0. The number of imide groups is 1. The van der Waals surface area contributed by atoms with E-state index >= 15 is 0 Å². The van der Waals surface area contributed by atoms with Gasteiger partial charge >= 0.3 is 12.2 Å². The number of ether oxygens (including phenoxy) is 3. The van der Waals surface area contributed by atoms with Crippen molar-refractivity contribution < 1.29 is 34.0 Å². The minimum Gasteiger partial charge on any atom is -0.464 e. The van der Waals surface area contributed by atoms with E-state index in [0.29, 0.717) is 10.5 Å². The van der Waals surface area contributed by atoms with Gasteiger partial charge in [-0.25, -0.2) is 24.2 Å². The Kier molecular flexibility index (Phi) is 5.18. The van der Waals surface area contributed by atoms with Crippen LogP contribution in [0.3, 0.4) is 0 Å². The molecule has 12 heteroatoms. The van der Waals surface area contributed by atoms with Gasteiger partial charge < -0.3 is 24.4 Å². The summed E-state index contributed by atoms with van der Waals surface area (Å²) in [5.41, 5.74) is 0.0414. The third kappa shape index (κ3) is 3.80. The largest absolute Gasteiger partial charge is 0.464 e. The molecule has 1 fully saturated rings. The standard InChI is InChI=1S/C20H25N5O7/c1-19(2,3)32-18(29)24(17(27)28)15-11-7-23-25(16(11)22-9-21-15)12-6-10(8-26)13-14(12)31-20(4,5)30-13/h6-7,9,12-14,26H,8H2,1-5H3,(H,27,28)/t12-,13-,14+/m1/s1. The average Bonchev–Trinajstić information content (AvgIpc) is 3.30. The zero-order valence-electron chi connectivity index (χ0n) is 18.3. The van der Waals surface area contributed by atoms with E-state index < -0.39 is 41.8 Å². The number of carbonyl (C=O) groups excluding carboxylic acids is 1. The SMILES string of the molecule is CC(C)(C)OC(=O)N(C(=O)O)c1ncnc2c1cnn2[C@@H]1C=C(CO)[C@H]2OC(C)(C)O[C@H]21. The molecule has 172 valence electrons. The smallest absolute Gasteiger partial charge is 0.425 e. The van der Waals surface area contributed by atoms with Crippen molar-refractivity contribution in [3.63, 3.8) is 0 Å². The first-order valence-corrected chi connectivity index (χ1v) is 10.0. The number of carbonyl (C=O) groups is 2. The van der Waals surface area contributed by atoms with Crippen molar-refractivity contribution in [2.75, 3.05) is 11.5 Å². The number of rotatable bonds is 3. The fraction of sp³-hybridized carbons (Fsp3) is 0.550. The molecule has 3 atom stereocenters. The highest BCUT2D eigenvalue weighted by Crippen LogP contribution is 2.43. The van der Waals surface area contributed by atoms with Gasteiger partial charge in [0, 0.05) is 0 Å². The van der Waals surface area contributed by atoms with Crippen molar-refractivity contribution in [3.8, 4) is 0 Å². The number of hydrogen-bond donors (Lipinski definition) is 2. The highest BCUT2D eigenvalue weighted by Gasteiger charge is 2.51. The van der Waals surface area contributed by atoms with Crippen LogP contribution in [-0.4, -0.2) is 72.4 Å². The number of aromatic nitrogens is 4. The van der Waals surface area contributed by atoms with Gasteiger partial charge in [-0.3, -0.25) is 0 Å². The zero-order valence-corrected chi connectivity index (χ0v) is 18.3. The molecule has 0 saturated carbocycles. The topological polar surface area (TPSA) is 149 Å². The van der Waals surface area contributed by atoms with Crippen LogP contribution in [0, 0.1) is 0 Å². The Morgan fingerprint density at radius 2 is 2.00 bits per heavy atom. The molecule has 2 amide bonds. The normalized spacial score (nSPS) is 24.3. The summed E-state index contributed by atoms with van der Waals surface area (Å²) in [5, 5.41) is 24.1. The van der Waals surface area contributed by atoms with Gasteiger partial charge in [-0.05, 0) is 40.2 Å². The minimum absolute atomic E-state index is 0.173. The van der Waals surface area contributed by atoms with Crippen LogP contribution in [0.15, 0.2) is 24.2 Å². The number of fused-ring (bicyclic) bond motifs is 2. The molecule has 0 spiro atoms. The molecular formula is C20H25N5O7. The molecule has 4 rings (SSSR count). The van der Waals surface area contributed by atoms with E-state index in [0.717, 1.165) is 6.33 Å². The van der Waals surface area contributed by atoms with Crippen LogP contribution >= 0.6 is 0 Å². The second-order valence-electron chi connectivity index (χ2n) is 9.03. The Hall–Kier alpha value is -3.09. The number of hydrogen-bond acceptors (Lipinski definition) is 9. The van der Waals surface area contributed by atoms with E-state index in [1.165, 1.54) is 6.20 Å². The third-order valence-corrected chi connectivity index (χ3v) is 5.03. The van der Waals surface area contributed by atoms with Gasteiger partial charge in [-0.1, -0.05) is 6.08 Å². The lowest BCUT2D eigenvalue weighted by Gasteiger charge is -2.24. The van der Waals surface area contributed by atoms with Crippen LogP contribution < -0.4 is 4.90 Å². The number of aliphatic hydroxyl groups is 1. The summed E-state index contributed by atoms with van der Waals surface area (Å²) in [5.74, 6) is -1.02. The summed E-state index contributed by atoms with van der Waals surface area (Å²) in [6.07, 6.45) is 0.774. The van der Waals surface area contributed by atoms with Crippen LogP contribution in [0.25, 0.3) is 11.0 Å². The first kappa shape index (κ1) is 22.1. The summed E-state index contributed by atoms with van der Waals surface area (Å²) >= 11 is 0. The predicted molar refractivity (Wildman–Crippen MR) is 110 cm³/mol. The van der Waals surface area contributed by atoms with E-state index in [1.54, 1.807) is 45.4 Å². The Labute approximate surface area is 183 Å². The van der Waals surface area contributed by atoms with Gasteiger partial charge in [0.25, 0.3) is 0 Å². The van der Waals surface area contributed by atoms with Gasteiger partial charge in [-0.15, -0.1) is 0 Å². The third-order valence-electron chi connectivity index (χ3n) is 5.03. The number of aliphatic hydroxyl groups excluding tert-OH is 1. The first-order chi connectivity index (χ1) is 14.9. The molecule has 1 aliphatic heterocycles. The highest BCUT2D eigenvalue weighted by atomic mass is 16.8. The lowest BCUT2D eigenvalue weighted by molar-refractivity contribution is -0.148. The van der Waals surface area contributed by atoms with E-state index in [2.05, 4.69) is 15.1 Å². The van der Waals surface area contributed by atoms with Crippen molar-refractivity contribution in [2.24, 2.45) is 0 Å². The number of nitrogens with zero attached hydrogens (tertiary/aromatic N) is 5. The van der Waals surface area contributed by atoms with Crippen LogP contribution in [-0.2, 0) is 14.2 Å². The molecule has 0 bridgehead atoms. The Morgan fingerprint density at radius 3 is 2.62 bits per heavy atom. The maximum atomic E-state index is 12.6. The van der Waals surface area contributed by atoms with E-state index in [-0.39, 0.29) is 23.5 Å². The highest BCUT2D eigenvalue weighted by molar-refractivity contribution is 6.12. The molecular weight excluding hydrogens is 422 g/mol. The number of carboxylic acid groups (broad SMARTS) is 1. The summed E-state index contributed by atoms with van der Waals surface area (Å²) < 4.78 is 18.7. The molecule has 1 aliphatic carbocycles. The van der Waals surface area contributed by atoms with Crippen molar-refractivity contribution in [1.82, 2.24) is 19.7 Å². The quantitative estimate of drug-likeness (QED) is 0.671. The molecule has 2 aromatic heterocycles. The van der Waals surface area contributed by atoms with Gasteiger partial charge in [0.05, 0.1) is 18.2 Å². The maximum Gasteiger partial charge on any atom is 0.425 e. The monoisotopic (exact) mass is 447 g/mol. The Morgan fingerprint density at radius 1 is 1.28 bits per heavy atom. The van der Waals surface area contributed by atoms with E-state index in [1.807, 2.05) is 0 Å². The van der Waals surface area contributed by atoms with Gasteiger partial charge in [-0.2, -0.15) is 10.00 Å². The van der Waals surface area contributed by atoms with Gasteiger partial charge in [0.2, 0.25) is 0 Å². The van der Waals surface area contributed by atoms with Crippen molar-refractivity contribution in [1.29, 1.82) is 0 Å². The Balaban J connectivity index is 1.76. The lowest BCUT2D eigenvalue weighted by atomic mass is 10.1. The Bertz CT molecular complexity index is 1100. The van der Waals surface area contributed by atoms with Crippen molar-refractivity contribution >= 4 is 29.0 Å². The van der Waals surface area contributed by atoms with Crippen molar-refractivity contribution in [3.05, 3.63) is 24.2 Å². The molecule has 2 aromatic rings. The minimum atomic E-state index is -1.55. The number of anilines is 1. The molecule has 0 aromatic carbocycles. The van der Waals surface area contributed by atoms with E-state index in [4.69, 9.17) is 14.2 Å². The van der Waals surface area contributed by atoms with Crippen molar-refractivity contribution in [2.45, 2.75) is 64.3 Å². The predicted octanol–water partition coefficient (Wildman–Crippen LogP) is 2.24. The van der Waals surface area contributed by atoms with E-state index in [9.17, 15) is 19.8 Å². The second-order valence-corrected chi connectivity index (χ2v) is 9.03. The van der Waals surface area contributed by atoms with Crippen LogP contribution in [0.5, 0.6) is 0 Å². The lowest BCUT2D eigenvalue weighted by Crippen LogP contribution is -2.40. The summed E-state index contributed by atoms with van der Waals surface area (Å²) in [6.45, 7) is 8.25. The first-order valence-electron chi connectivity index (χ1n) is 10.0. The molecule has 3 heterocycles. The summed E-state index contributed by atoms with van der Waals surface area (Å²) in [4.78, 5) is 33.2. The average molecular weight is 447 g/mol. The van der Waals surface area contributed by atoms with Crippen LogP contribution in [0.4, 0.5) is 15.4 Å². The molecule has 1 saturated heterocycles. The second kappa shape index (κ2) is 7.50. The molecule has 0 unspecified atom stereocenters. The van der Waals surface area contributed by atoms with Crippen LogP contribution in [0.1, 0.15) is 40.7 Å². The fourth-order valence-corrected chi connectivity index (χ4v) is 3.90. The summed E-state index contributed by atoms with van der Waals surface area (Å²) in [6, 6.07) is -0.469. The zero-order chi connectivity index (χ0) is 23.4.